The van der Waals surface area contributed by atoms with Crippen LogP contribution in [-0.4, -0.2) is 31.1 Å². The molecule has 1 aliphatic rings. The molecule has 0 fully saturated rings. The number of hydrogen-bond donors (Lipinski definition) is 1. The first kappa shape index (κ1) is 14.3. The Morgan fingerprint density at radius 3 is 3.04 bits per heavy atom. The molecule has 0 aliphatic heterocycles. The van der Waals surface area contributed by atoms with Crippen LogP contribution in [-0.2, 0) is 12.8 Å². The van der Waals surface area contributed by atoms with Gasteiger partial charge >= 0.3 is 0 Å². The average Bonchev–Trinajstić information content (AvgIpc) is 3.23. The van der Waals surface area contributed by atoms with Crippen LogP contribution in [0.1, 0.15) is 27.3 Å². The standard InChI is InChI=1S/C14H11ClN6OS/c15-9-5-4-8(6-11(9)21-7-16-19-20-21)13(22)18-14-17-10-2-1-3-12(10)23-14/h4-7H,1-3H2,(H,17,18,22). The summed E-state index contributed by atoms with van der Waals surface area (Å²) in [5, 5.41) is 14.9. The highest BCUT2D eigenvalue weighted by Crippen LogP contribution is 2.30. The molecule has 3 aromatic rings. The molecule has 7 nitrogen and oxygen atoms in total. The van der Waals surface area contributed by atoms with Crippen LogP contribution in [0.4, 0.5) is 5.13 Å². The van der Waals surface area contributed by atoms with E-state index < -0.39 is 0 Å². The number of nitrogens with zero attached hydrogens (tertiary/aromatic N) is 5. The van der Waals surface area contributed by atoms with Gasteiger partial charge in [-0.1, -0.05) is 11.6 Å². The number of fused-ring (bicyclic) bond motifs is 1. The van der Waals surface area contributed by atoms with Gasteiger partial charge in [0, 0.05) is 10.4 Å². The number of carbonyl (C=O) groups is 1. The van der Waals surface area contributed by atoms with E-state index >= 15 is 0 Å². The molecule has 0 bridgehead atoms. The number of halogens is 1. The summed E-state index contributed by atoms with van der Waals surface area (Å²) in [5.41, 5.74) is 2.12. The van der Waals surface area contributed by atoms with E-state index in [9.17, 15) is 4.79 Å². The maximum Gasteiger partial charge on any atom is 0.257 e. The van der Waals surface area contributed by atoms with Gasteiger partial charge in [-0.25, -0.2) is 4.98 Å². The lowest BCUT2D eigenvalue weighted by molar-refractivity contribution is 0.102. The maximum atomic E-state index is 12.4. The van der Waals surface area contributed by atoms with Gasteiger partial charge in [0.15, 0.2) is 5.13 Å². The second kappa shape index (κ2) is 5.71. The fourth-order valence-corrected chi connectivity index (χ4v) is 3.76. The van der Waals surface area contributed by atoms with Crippen LogP contribution in [0.25, 0.3) is 5.69 Å². The van der Waals surface area contributed by atoms with E-state index in [1.54, 1.807) is 29.5 Å². The zero-order valence-electron chi connectivity index (χ0n) is 11.9. The predicted octanol–water partition coefficient (Wildman–Crippen LogP) is 2.51. The number of anilines is 1. The molecule has 9 heteroatoms. The number of benzene rings is 1. The zero-order chi connectivity index (χ0) is 15.8. The van der Waals surface area contributed by atoms with Gasteiger partial charge in [0.2, 0.25) is 0 Å². The van der Waals surface area contributed by atoms with Gasteiger partial charge in [0.05, 0.1) is 16.4 Å². The number of amides is 1. The second-order valence-corrected chi connectivity index (χ2v) is 6.61. The number of aromatic nitrogens is 5. The Kier molecular flexibility index (Phi) is 3.55. The third-order valence-corrected chi connectivity index (χ3v) is 5.01. The first-order valence-corrected chi connectivity index (χ1v) is 8.23. The SMILES string of the molecule is O=C(Nc1nc2c(s1)CCC2)c1ccc(Cl)c(-n2cnnn2)c1. The lowest BCUT2D eigenvalue weighted by Gasteiger charge is -2.06. The molecule has 116 valence electrons. The number of thiazole rings is 1. The van der Waals surface area contributed by atoms with Crippen molar-refractivity contribution >= 4 is 34.0 Å². The fraction of sp³-hybridized carbons (Fsp3) is 0.214. The molecule has 1 aromatic carbocycles. The van der Waals surface area contributed by atoms with Crippen molar-refractivity contribution in [2.75, 3.05) is 5.32 Å². The lowest BCUT2D eigenvalue weighted by atomic mass is 10.2. The minimum atomic E-state index is -0.233. The minimum absolute atomic E-state index is 0.233. The molecule has 0 saturated heterocycles. The molecule has 0 spiro atoms. The van der Waals surface area contributed by atoms with E-state index in [0.29, 0.717) is 21.4 Å². The van der Waals surface area contributed by atoms with Crippen molar-refractivity contribution in [3.05, 3.63) is 45.7 Å². The van der Waals surface area contributed by atoms with Crippen molar-refractivity contribution in [1.29, 1.82) is 0 Å². The van der Waals surface area contributed by atoms with Crippen LogP contribution >= 0.6 is 22.9 Å². The molecule has 1 N–H and O–H groups in total. The molecule has 0 unspecified atom stereocenters. The van der Waals surface area contributed by atoms with Crippen molar-refractivity contribution < 1.29 is 4.79 Å². The number of aryl methyl sites for hydroxylation is 2. The van der Waals surface area contributed by atoms with Gasteiger partial charge in [-0.2, -0.15) is 4.68 Å². The van der Waals surface area contributed by atoms with E-state index in [1.807, 2.05) is 0 Å². The van der Waals surface area contributed by atoms with Gasteiger partial charge < -0.3 is 0 Å². The monoisotopic (exact) mass is 346 g/mol. The van der Waals surface area contributed by atoms with Gasteiger partial charge in [0.1, 0.15) is 6.33 Å². The fourth-order valence-electron chi connectivity index (χ4n) is 2.51. The third kappa shape index (κ3) is 2.71. The van der Waals surface area contributed by atoms with Crippen LogP contribution in [0, 0.1) is 0 Å². The highest BCUT2D eigenvalue weighted by Gasteiger charge is 2.18. The summed E-state index contributed by atoms with van der Waals surface area (Å²) in [5.74, 6) is -0.233. The van der Waals surface area contributed by atoms with Gasteiger partial charge in [-0.05, 0) is 47.9 Å². The quantitative estimate of drug-likeness (QED) is 0.787. The van der Waals surface area contributed by atoms with E-state index in [1.165, 1.54) is 15.9 Å². The highest BCUT2D eigenvalue weighted by atomic mass is 35.5. The highest BCUT2D eigenvalue weighted by molar-refractivity contribution is 7.16. The molecule has 23 heavy (non-hydrogen) atoms. The first-order valence-electron chi connectivity index (χ1n) is 7.03. The Balaban J connectivity index is 1.59. The third-order valence-electron chi connectivity index (χ3n) is 3.62. The van der Waals surface area contributed by atoms with Crippen molar-refractivity contribution in [3.8, 4) is 5.69 Å². The second-order valence-electron chi connectivity index (χ2n) is 5.12. The zero-order valence-corrected chi connectivity index (χ0v) is 13.4. The normalized spacial score (nSPS) is 13.1. The lowest BCUT2D eigenvalue weighted by Crippen LogP contribution is -2.12. The van der Waals surface area contributed by atoms with Crippen LogP contribution < -0.4 is 5.32 Å². The summed E-state index contributed by atoms with van der Waals surface area (Å²) in [6.07, 6.45) is 4.61. The van der Waals surface area contributed by atoms with Gasteiger partial charge in [0.25, 0.3) is 5.91 Å². The molecule has 4 rings (SSSR count). The summed E-state index contributed by atoms with van der Waals surface area (Å²) in [4.78, 5) is 18.2. The Morgan fingerprint density at radius 2 is 2.26 bits per heavy atom. The predicted molar refractivity (Wildman–Crippen MR) is 86.3 cm³/mol. The largest absolute Gasteiger partial charge is 0.298 e. The van der Waals surface area contributed by atoms with E-state index in [-0.39, 0.29) is 5.91 Å². The summed E-state index contributed by atoms with van der Waals surface area (Å²) in [6.45, 7) is 0. The summed E-state index contributed by atoms with van der Waals surface area (Å²) in [6, 6.07) is 4.96. The molecule has 0 saturated carbocycles. The number of carbonyl (C=O) groups excluding carboxylic acids is 1. The van der Waals surface area contributed by atoms with Gasteiger partial charge in [-0.15, -0.1) is 16.4 Å². The van der Waals surface area contributed by atoms with Crippen molar-refractivity contribution in [2.24, 2.45) is 0 Å². The average molecular weight is 347 g/mol. The Labute approximate surface area is 140 Å². The molecule has 1 amide bonds. The Hall–Kier alpha value is -2.32. The first-order chi connectivity index (χ1) is 11.2. The van der Waals surface area contributed by atoms with Crippen molar-refractivity contribution in [2.45, 2.75) is 19.3 Å². The summed E-state index contributed by atoms with van der Waals surface area (Å²) >= 11 is 7.69. The molecule has 2 heterocycles. The van der Waals surface area contributed by atoms with Crippen molar-refractivity contribution in [1.82, 2.24) is 25.2 Å². The Bertz CT molecular complexity index is 854. The Morgan fingerprint density at radius 1 is 1.35 bits per heavy atom. The number of hydrogen-bond acceptors (Lipinski definition) is 6. The molecule has 2 aromatic heterocycles. The van der Waals surface area contributed by atoms with Crippen LogP contribution in [0.5, 0.6) is 0 Å². The molecular weight excluding hydrogens is 336 g/mol. The summed E-state index contributed by atoms with van der Waals surface area (Å²) < 4.78 is 1.41. The molecule has 0 atom stereocenters. The molecule has 0 radical (unpaired) electrons. The van der Waals surface area contributed by atoms with Gasteiger partial charge in [-0.3, -0.25) is 10.1 Å². The van der Waals surface area contributed by atoms with E-state index in [4.69, 9.17) is 11.6 Å². The summed E-state index contributed by atoms with van der Waals surface area (Å²) in [7, 11) is 0. The smallest absolute Gasteiger partial charge is 0.257 e. The topological polar surface area (TPSA) is 85.6 Å². The van der Waals surface area contributed by atoms with E-state index in [0.717, 1.165) is 25.0 Å². The van der Waals surface area contributed by atoms with Crippen LogP contribution in [0.15, 0.2) is 24.5 Å². The number of tetrazole rings is 1. The van der Waals surface area contributed by atoms with Crippen LogP contribution in [0.2, 0.25) is 5.02 Å². The van der Waals surface area contributed by atoms with E-state index in [2.05, 4.69) is 25.8 Å². The number of nitrogens with one attached hydrogen (secondary N) is 1. The number of rotatable bonds is 3. The molecule has 1 aliphatic carbocycles. The van der Waals surface area contributed by atoms with Crippen LogP contribution in [0.3, 0.4) is 0 Å². The van der Waals surface area contributed by atoms with Crippen molar-refractivity contribution in [3.63, 3.8) is 0 Å². The maximum absolute atomic E-state index is 12.4. The molecular formula is C14H11ClN6OS. The minimum Gasteiger partial charge on any atom is -0.298 e.